The molecule has 3 rings (SSSR count). The fourth-order valence-corrected chi connectivity index (χ4v) is 2.95. The molecule has 0 bridgehead atoms. The van der Waals surface area contributed by atoms with Crippen molar-refractivity contribution in [1.29, 1.82) is 0 Å². The molecule has 0 saturated heterocycles. The molecule has 6 nitrogen and oxygen atoms in total. The highest BCUT2D eigenvalue weighted by molar-refractivity contribution is 7.13. The van der Waals surface area contributed by atoms with Gasteiger partial charge in [-0.05, 0) is 26.7 Å². The topological polar surface area (TPSA) is 71.8 Å². The second kappa shape index (κ2) is 5.48. The highest BCUT2D eigenvalue weighted by Gasteiger charge is 2.22. The van der Waals surface area contributed by atoms with Gasteiger partial charge < -0.3 is 10.6 Å². The molecule has 0 unspecified atom stereocenters. The van der Waals surface area contributed by atoms with Gasteiger partial charge in [-0.1, -0.05) is 0 Å². The molecule has 0 spiro atoms. The summed E-state index contributed by atoms with van der Waals surface area (Å²) in [5.41, 5.74) is 3.56. The third-order valence-electron chi connectivity index (χ3n) is 3.73. The van der Waals surface area contributed by atoms with Crippen molar-refractivity contribution in [1.82, 2.24) is 20.1 Å². The van der Waals surface area contributed by atoms with E-state index in [9.17, 15) is 4.79 Å². The molecule has 1 saturated carbocycles. The van der Waals surface area contributed by atoms with Crippen molar-refractivity contribution in [3.8, 4) is 0 Å². The zero-order chi connectivity index (χ0) is 15.0. The van der Waals surface area contributed by atoms with E-state index in [-0.39, 0.29) is 5.91 Å². The van der Waals surface area contributed by atoms with Crippen molar-refractivity contribution >= 4 is 22.4 Å². The van der Waals surface area contributed by atoms with E-state index in [1.54, 1.807) is 5.38 Å². The highest BCUT2D eigenvalue weighted by Crippen LogP contribution is 2.26. The molecule has 0 aliphatic heterocycles. The maximum absolute atomic E-state index is 12.1. The van der Waals surface area contributed by atoms with E-state index >= 15 is 0 Å². The van der Waals surface area contributed by atoms with Gasteiger partial charge in [0.15, 0.2) is 5.13 Å². The van der Waals surface area contributed by atoms with Gasteiger partial charge in [-0.15, -0.1) is 11.3 Å². The molecule has 1 amide bonds. The Morgan fingerprint density at radius 1 is 1.48 bits per heavy atom. The second-order valence-electron chi connectivity index (χ2n) is 5.41. The first-order valence-electron chi connectivity index (χ1n) is 7.04. The number of thiazole rings is 1. The summed E-state index contributed by atoms with van der Waals surface area (Å²) in [6.07, 6.45) is 2.39. The molecule has 2 heterocycles. The van der Waals surface area contributed by atoms with Gasteiger partial charge >= 0.3 is 0 Å². The summed E-state index contributed by atoms with van der Waals surface area (Å²) >= 11 is 1.48. The van der Waals surface area contributed by atoms with Gasteiger partial charge in [0.2, 0.25) is 0 Å². The lowest BCUT2D eigenvalue weighted by molar-refractivity contribution is 0.0946. The normalized spacial score (nSPS) is 14.2. The lowest BCUT2D eigenvalue weighted by atomic mass is 10.2. The minimum absolute atomic E-state index is 0.141. The second-order valence-corrected chi connectivity index (χ2v) is 6.27. The molecule has 112 valence electrons. The zero-order valence-corrected chi connectivity index (χ0v) is 13.3. The van der Waals surface area contributed by atoms with E-state index in [4.69, 9.17) is 0 Å². The maximum Gasteiger partial charge on any atom is 0.271 e. The van der Waals surface area contributed by atoms with Gasteiger partial charge in [-0.25, -0.2) is 4.98 Å². The number of rotatable bonds is 5. The molecule has 21 heavy (non-hydrogen) atoms. The molecule has 7 heteroatoms. The molecule has 2 aromatic heterocycles. The molecule has 2 aromatic rings. The summed E-state index contributed by atoms with van der Waals surface area (Å²) in [5, 5.41) is 13.2. The molecule has 0 atom stereocenters. The molecule has 2 N–H and O–H groups in total. The van der Waals surface area contributed by atoms with Gasteiger partial charge in [-0.2, -0.15) is 5.10 Å². The number of carbonyl (C=O) groups is 1. The van der Waals surface area contributed by atoms with Crippen LogP contribution in [-0.2, 0) is 13.6 Å². The van der Waals surface area contributed by atoms with Crippen LogP contribution in [0.1, 0.15) is 40.3 Å². The summed E-state index contributed by atoms with van der Waals surface area (Å²) < 4.78 is 1.83. The molecule has 1 aliphatic rings. The highest BCUT2D eigenvalue weighted by atomic mass is 32.1. The number of carbonyl (C=O) groups excluding carboxylic acids is 1. The van der Waals surface area contributed by atoms with Crippen LogP contribution >= 0.6 is 11.3 Å². The van der Waals surface area contributed by atoms with Crippen molar-refractivity contribution in [2.75, 3.05) is 5.32 Å². The number of nitrogens with one attached hydrogen (secondary N) is 2. The SMILES string of the molecule is Cc1nn(C)c(C)c1CNC(=O)c1csc(NC2CC2)n1. The van der Waals surface area contributed by atoms with Crippen LogP contribution in [0, 0.1) is 13.8 Å². The lowest BCUT2D eigenvalue weighted by Crippen LogP contribution is -2.23. The first-order valence-corrected chi connectivity index (χ1v) is 7.92. The van der Waals surface area contributed by atoms with Crippen LogP contribution in [0.25, 0.3) is 0 Å². The summed E-state index contributed by atoms with van der Waals surface area (Å²) in [4.78, 5) is 16.5. The largest absolute Gasteiger partial charge is 0.359 e. The fourth-order valence-electron chi connectivity index (χ4n) is 2.18. The third-order valence-corrected chi connectivity index (χ3v) is 4.50. The molecular formula is C14H19N5OS. The first-order chi connectivity index (χ1) is 10.0. The number of hydrogen-bond acceptors (Lipinski definition) is 5. The summed E-state index contributed by atoms with van der Waals surface area (Å²) in [6, 6.07) is 0.549. The average Bonchev–Trinajstić information content (AvgIpc) is 3.06. The van der Waals surface area contributed by atoms with E-state index in [2.05, 4.69) is 20.7 Å². The Morgan fingerprint density at radius 2 is 2.24 bits per heavy atom. The van der Waals surface area contributed by atoms with Crippen LogP contribution in [0.5, 0.6) is 0 Å². The van der Waals surface area contributed by atoms with Gasteiger partial charge in [0, 0.05) is 36.3 Å². The van der Waals surface area contributed by atoms with Crippen LogP contribution in [0.15, 0.2) is 5.38 Å². The van der Waals surface area contributed by atoms with E-state index in [1.165, 1.54) is 24.2 Å². The minimum Gasteiger partial charge on any atom is -0.359 e. The predicted molar refractivity (Wildman–Crippen MR) is 82.6 cm³/mol. The van der Waals surface area contributed by atoms with Crippen molar-refractivity contribution in [2.24, 2.45) is 7.05 Å². The van der Waals surface area contributed by atoms with Gasteiger partial charge in [0.05, 0.1) is 5.69 Å². The Morgan fingerprint density at radius 3 is 2.86 bits per heavy atom. The Balaban J connectivity index is 1.61. The Labute approximate surface area is 127 Å². The lowest BCUT2D eigenvalue weighted by Gasteiger charge is -2.04. The summed E-state index contributed by atoms with van der Waals surface area (Å²) in [7, 11) is 1.91. The van der Waals surface area contributed by atoms with Gasteiger partial charge in [0.1, 0.15) is 5.69 Å². The standard InChI is InChI=1S/C14H19N5OS/c1-8-11(9(2)19(3)18-8)6-15-13(20)12-7-21-14(17-12)16-10-4-5-10/h7,10H,4-6H2,1-3H3,(H,15,20)(H,16,17). The van der Waals surface area contributed by atoms with Crippen molar-refractivity contribution < 1.29 is 4.79 Å². The Hall–Kier alpha value is -1.89. The number of aromatic nitrogens is 3. The minimum atomic E-state index is -0.141. The number of aryl methyl sites for hydroxylation is 2. The first kappa shape index (κ1) is 14.1. The predicted octanol–water partition coefficient (Wildman–Crippen LogP) is 2.00. The summed E-state index contributed by atoms with van der Waals surface area (Å²) in [5.74, 6) is -0.141. The average molecular weight is 305 g/mol. The molecule has 1 aliphatic carbocycles. The van der Waals surface area contributed by atoms with E-state index in [0.29, 0.717) is 18.3 Å². The molecule has 0 aromatic carbocycles. The number of amides is 1. The van der Waals surface area contributed by atoms with Crippen molar-refractivity contribution in [2.45, 2.75) is 39.3 Å². The van der Waals surface area contributed by atoms with Crippen molar-refractivity contribution in [3.05, 3.63) is 28.0 Å². The Kier molecular flexibility index (Phi) is 3.67. The fraction of sp³-hybridized carbons (Fsp3) is 0.500. The zero-order valence-electron chi connectivity index (χ0n) is 12.4. The van der Waals surface area contributed by atoms with Crippen LogP contribution in [-0.4, -0.2) is 26.7 Å². The monoisotopic (exact) mass is 305 g/mol. The third kappa shape index (κ3) is 3.07. The van der Waals surface area contributed by atoms with Crippen molar-refractivity contribution in [3.63, 3.8) is 0 Å². The molecule has 1 fully saturated rings. The van der Waals surface area contributed by atoms with Crippen LogP contribution < -0.4 is 10.6 Å². The summed E-state index contributed by atoms with van der Waals surface area (Å²) in [6.45, 7) is 4.43. The molecule has 0 radical (unpaired) electrons. The van der Waals surface area contributed by atoms with Gasteiger partial charge in [-0.3, -0.25) is 9.48 Å². The Bertz CT molecular complexity index is 671. The van der Waals surface area contributed by atoms with E-state index in [1.807, 2.05) is 25.6 Å². The number of hydrogen-bond donors (Lipinski definition) is 2. The van der Waals surface area contributed by atoms with Crippen LogP contribution in [0.4, 0.5) is 5.13 Å². The smallest absolute Gasteiger partial charge is 0.271 e. The number of anilines is 1. The van der Waals surface area contributed by atoms with Crippen LogP contribution in [0.3, 0.4) is 0 Å². The van der Waals surface area contributed by atoms with E-state index < -0.39 is 0 Å². The molecular weight excluding hydrogens is 286 g/mol. The van der Waals surface area contributed by atoms with Crippen LogP contribution in [0.2, 0.25) is 0 Å². The number of nitrogens with zero attached hydrogens (tertiary/aromatic N) is 3. The van der Waals surface area contributed by atoms with Gasteiger partial charge in [0.25, 0.3) is 5.91 Å². The quantitative estimate of drug-likeness (QED) is 0.886. The van der Waals surface area contributed by atoms with E-state index in [0.717, 1.165) is 22.1 Å². The maximum atomic E-state index is 12.1.